The van der Waals surface area contributed by atoms with Gasteiger partial charge in [-0.1, -0.05) is 38.8 Å². The molecule has 0 spiro atoms. The number of amides is 1. The lowest BCUT2D eigenvalue weighted by molar-refractivity contribution is -0.125. The highest BCUT2D eigenvalue weighted by Crippen LogP contribution is 2.13. The average Bonchev–Trinajstić information content (AvgIpc) is 2.47. The van der Waals surface area contributed by atoms with Crippen LogP contribution in [0.25, 0.3) is 0 Å². The zero-order valence-electron chi connectivity index (χ0n) is 12.9. The minimum atomic E-state index is -0.924. The highest BCUT2D eigenvalue weighted by molar-refractivity contribution is 5.87. The third-order valence-corrected chi connectivity index (χ3v) is 3.53. The molecule has 0 aliphatic heterocycles. The van der Waals surface area contributed by atoms with E-state index in [1.54, 1.807) is 18.2 Å². The molecule has 4 heteroatoms. The van der Waals surface area contributed by atoms with Crippen molar-refractivity contribution in [2.24, 2.45) is 5.92 Å². The lowest BCUT2D eigenvalue weighted by Gasteiger charge is -2.15. The van der Waals surface area contributed by atoms with Crippen LogP contribution in [0.1, 0.15) is 55.5 Å². The topological polar surface area (TPSA) is 66.4 Å². The van der Waals surface area contributed by atoms with Gasteiger partial charge in [-0.25, -0.2) is 4.79 Å². The maximum atomic E-state index is 12.1. The quantitative estimate of drug-likeness (QED) is 0.734. The summed E-state index contributed by atoms with van der Waals surface area (Å²) in [5.41, 5.74) is 1.21. The third-order valence-electron chi connectivity index (χ3n) is 3.53. The van der Waals surface area contributed by atoms with Crippen molar-refractivity contribution in [1.29, 1.82) is 0 Å². The van der Waals surface area contributed by atoms with Gasteiger partial charge in [-0.15, -0.1) is 0 Å². The Kier molecular flexibility index (Phi) is 7.51. The number of benzene rings is 1. The highest BCUT2D eigenvalue weighted by atomic mass is 16.4. The monoisotopic (exact) mass is 291 g/mol. The molecule has 0 saturated heterocycles. The number of nitrogens with one attached hydrogen (secondary N) is 1. The molecule has 0 unspecified atom stereocenters. The first-order valence-electron chi connectivity index (χ1n) is 7.68. The average molecular weight is 291 g/mol. The SMILES string of the molecule is CCCC(CCC)C(=O)NCCc1cccc(C(=O)O)c1. The predicted octanol–water partition coefficient (Wildman–Crippen LogP) is 3.26. The van der Waals surface area contributed by atoms with Crippen LogP contribution in [0.5, 0.6) is 0 Å². The second-order valence-electron chi connectivity index (χ2n) is 5.32. The Balaban J connectivity index is 2.46. The summed E-state index contributed by atoms with van der Waals surface area (Å²) in [6.07, 6.45) is 4.53. The second kappa shape index (κ2) is 9.16. The van der Waals surface area contributed by atoms with E-state index in [-0.39, 0.29) is 17.4 Å². The van der Waals surface area contributed by atoms with Crippen molar-refractivity contribution in [3.63, 3.8) is 0 Å². The fourth-order valence-corrected chi connectivity index (χ4v) is 2.44. The van der Waals surface area contributed by atoms with Crippen LogP contribution < -0.4 is 5.32 Å². The molecular weight excluding hydrogens is 266 g/mol. The van der Waals surface area contributed by atoms with Crippen LogP contribution in [-0.4, -0.2) is 23.5 Å². The van der Waals surface area contributed by atoms with E-state index in [0.717, 1.165) is 31.2 Å². The number of carboxylic acids is 1. The molecule has 21 heavy (non-hydrogen) atoms. The number of hydrogen-bond donors (Lipinski definition) is 2. The Labute approximate surface area is 126 Å². The van der Waals surface area contributed by atoms with Gasteiger partial charge in [0, 0.05) is 12.5 Å². The van der Waals surface area contributed by atoms with Gasteiger partial charge in [0.25, 0.3) is 0 Å². The Morgan fingerprint density at radius 1 is 1.19 bits per heavy atom. The van der Waals surface area contributed by atoms with E-state index in [2.05, 4.69) is 19.2 Å². The van der Waals surface area contributed by atoms with Crippen molar-refractivity contribution in [1.82, 2.24) is 5.32 Å². The highest BCUT2D eigenvalue weighted by Gasteiger charge is 2.15. The van der Waals surface area contributed by atoms with Crippen LogP contribution in [0.2, 0.25) is 0 Å². The Bertz CT molecular complexity index is 465. The van der Waals surface area contributed by atoms with Crippen LogP contribution in [0, 0.1) is 5.92 Å². The molecular formula is C17H25NO3. The molecule has 1 rings (SSSR count). The van der Waals surface area contributed by atoms with E-state index < -0.39 is 5.97 Å². The number of hydrogen-bond acceptors (Lipinski definition) is 2. The van der Waals surface area contributed by atoms with Gasteiger partial charge in [0.05, 0.1) is 5.56 Å². The van der Waals surface area contributed by atoms with Crippen molar-refractivity contribution >= 4 is 11.9 Å². The van der Waals surface area contributed by atoms with Gasteiger partial charge in [0.15, 0.2) is 0 Å². The number of carboxylic acid groups (broad SMARTS) is 1. The Hall–Kier alpha value is -1.84. The standard InChI is InChI=1S/C17H25NO3/c1-3-6-14(7-4-2)16(19)18-11-10-13-8-5-9-15(12-13)17(20)21/h5,8-9,12,14H,3-4,6-7,10-11H2,1-2H3,(H,18,19)(H,20,21). The normalized spacial score (nSPS) is 10.6. The van der Waals surface area contributed by atoms with Crippen LogP contribution in [0.3, 0.4) is 0 Å². The minimum Gasteiger partial charge on any atom is -0.478 e. The smallest absolute Gasteiger partial charge is 0.335 e. The summed E-state index contributed by atoms with van der Waals surface area (Å²) < 4.78 is 0. The predicted molar refractivity (Wildman–Crippen MR) is 83.4 cm³/mol. The van der Waals surface area contributed by atoms with Crippen molar-refractivity contribution in [2.75, 3.05) is 6.54 Å². The molecule has 0 aromatic heterocycles. The van der Waals surface area contributed by atoms with Gasteiger partial charge < -0.3 is 10.4 Å². The van der Waals surface area contributed by atoms with Crippen LogP contribution >= 0.6 is 0 Å². The zero-order valence-corrected chi connectivity index (χ0v) is 12.9. The van der Waals surface area contributed by atoms with Crippen LogP contribution in [0.15, 0.2) is 24.3 Å². The van der Waals surface area contributed by atoms with E-state index in [0.29, 0.717) is 13.0 Å². The molecule has 0 heterocycles. The molecule has 1 aromatic rings. The number of carbonyl (C=O) groups excluding carboxylic acids is 1. The molecule has 0 atom stereocenters. The van der Waals surface area contributed by atoms with Crippen molar-refractivity contribution in [3.8, 4) is 0 Å². The largest absolute Gasteiger partial charge is 0.478 e. The molecule has 0 fully saturated rings. The van der Waals surface area contributed by atoms with Gasteiger partial charge in [0.2, 0.25) is 5.91 Å². The van der Waals surface area contributed by atoms with Crippen molar-refractivity contribution in [3.05, 3.63) is 35.4 Å². The molecule has 116 valence electrons. The van der Waals surface area contributed by atoms with Gasteiger partial charge in [-0.05, 0) is 37.0 Å². The third kappa shape index (κ3) is 5.98. The molecule has 4 nitrogen and oxygen atoms in total. The first kappa shape index (κ1) is 17.2. The molecule has 1 aromatic carbocycles. The summed E-state index contributed by atoms with van der Waals surface area (Å²) in [6.45, 7) is 4.73. The molecule has 2 N–H and O–H groups in total. The molecule has 0 aliphatic rings. The molecule has 1 amide bonds. The van der Waals surface area contributed by atoms with Gasteiger partial charge in [0.1, 0.15) is 0 Å². The Morgan fingerprint density at radius 3 is 2.43 bits per heavy atom. The maximum Gasteiger partial charge on any atom is 0.335 e. The van der Waals surface area contributed by atoms with Crippen LogP contribution in [-0.2, 0) is 11.2 Å². The first-order chi connectivity index (χ1) is 10.1. The van der Waals surface area contributed by atoms with Crippen molar-refractivity contribution in [2.45, 2.75) is 46.0 Å². The summed E-state index contributed by atoms with van der Waals surface area (Å²) in [7, 11) is 0. The first-order valence-corrected chi connectivity index (χ1v) is 7.68. The fourth-order valence-electron chi connectivity index (χ4n) is 2.44. The van der Waals surface area contributed by atoms with E-state index in [1.807, 2.05) is 6.07 Å². The van der Waals surface area contributed by atoms with Gasteiger partial charge in [-0.2, -0.15) is 0 Å². The molecule has 0 aliphatic carbocycles. The summed E-state index contributed by atoms with van der Waals surface area (Å²) in [4.78, 5) is 23.0. The molecule has 0 radical (unpaired) electrons. The van der Waals surface area contributed by atoms with Gasteiger partial charge in [-0.3, -0.25) is 4.79 Å². The maximum absolute atomic E-state index is 12.1. The lowest BCUT2D eigenvalue weighted by atomic mass is 9.97. The number of rotatable bonds is 9. The summed E-state index contributed by atoms with van der Waals surface area (Å²) in [6, 6.07) is 6.85. The summed E-state index contributed by atoms with van der Waals surface area (Å²) in [5.74, 6) is -0.703. The fraction of sp³-hybridized carbons (Fsp3) is 0.529. The van der Waals surface area contributed by atoms with E-state index >= 15 is 0 Å². The summed E-state index contributed by atoms with van der Waals surface area (Å²) >= 11 is 0. The lowest BCUT2D eigenvalue weighted by Crippen LogP contribution is -2.32. The molecule has 0 bridgehead atoms. The Morgan fingerprint density at radius 2 is 1.86 bits per heavy atom. The van der Waals surface area contributed by atoms with E-state index in [4.69, 9.17) is 5.11 Å². The zero-order chi connectivity index (χ0) is 15.7. The second-order valence-corrected chi connectivity index (χ2v) is 5.32. The van der Waals surface area contributed by atoms with E-state index in [1.165, 1.54) is 0 Å². The van der Waals surface area contributed by atoms with Crippen LogP contribution in [0.4, 0.5) is 0 Å². The van der Waals surface area contributed by atoms with Gasteiger partial charge >= 0.3 is 5.97 Å². The minimum absolute atomic E-state index is 0.102. The van der Waals surface area contributed by atoms with E-state index in [9.17, 15) is 9.59 Å². The molecule has 0 saturated carbocycles. The number of aromatic carboxylic acids is 1. The number of carbonyl (C=O) groups is 2. The van der Waals surface area contributed by atoms with Crippen molar-refractivity contribution < 1.29 is 14.7 Å². The summed E-state index contributed by atoms with van der Waals surface area (Å²) in [5, 5.41) is 11.9.